The monoisotopic (exact) mass is 225 g/mol. The van der Waals surface area contributed by atoms with Gasteiger partial charge in [-0.25, -0.2) is 4.98 Å². The molecule has 15 heavy (non-hydrogen) atoms. The van der Waals surface area contributed by atoms with Crippen molar-refractivity contribution in [2.45, 2.75) is 19.4 Å². The predicted octanol–water partition coefficient (Wildman–Crippen LogP) is 1.75. The summed E-state index contributed by atoms with van der Waals surface area (Å²) in [6, 6.07) is 0.450. The van der Waals surface area contributed by atoms with Gasteiger partial charge in [0.15, 0.2) is 0 Å². The minimum atomic E-state index is 0.450. The van der Waals surface area contributed by atoms with Crippen LogP contribution in [0.15, 0.2) is 11.6 Å². The van der Waals surface area contributed by atoms with E-state index in [0.29, 0.717) is 6.04 Å². The molecule has 0 aromatic carbocycles. The van der Waals surface area contributed by atoms with E-state index >= 15 is 0 Å². The van der Waals surface area contributed by atoms with Crippen molar-refractivity contribution in [3.8, 4) is 0 Å². The molecule has 1 aliphatic heterocycles. The standard InChI is InChI=1S/C11H19N3S/c1-9(11-13-5-6-15-11)14(2)8-10-3-4-12-7-10/h5-6,9-10,12H,3-4,7-8H2,1-2H3/t9-,10+/m0/s1. The molecule has 1 N–H and O–H groups in total. The average Bonchev–Trinajstić information content (AvgIpc) is 2.88. The van der Waals surface area contributed by atoms with Crippen molar-refractivity contribution in [1.29, 1.82) is 0 Å². The minimum Gasteiger partial charge on any atom is -0.316 e. The maximum atomic E-state index is 4.37. The first-order valence-corrected chi connectivity index (χ1v) is 6.45. The Kier molecular flexibility index (Phi) is 3.72. The van der Waals surface area contributed by atoms with Gasteiger partial charge in [-0.2, -0.15) is 0 Å². The molecule has 0 radical (unpaired) electrons. The number of hydrogen-bond acceptors (Lipinski definition) is 4. The highest BCUT2D eigenvalue weighted by molar-refractivity contribution is 7.09. The summed E-state index contributed by atoms with van der Waals surface area (Å²) >= 11 is 1.75. The lowest BCUT2D eigenvalue weighted by Crippen LogP contribution is -2.29. The quantitative estimate of drug-likeness (QED) is 0.846. The summed E-state index contributed by atoms with van der Waals surface area (Å²) in [7, 11) is 2.20. The summed E-state index contributed by atoms with van der Waals surface area (Å²) in [6.07, 6.45) is 3.20. The van der Waals surface area contributed by atoms with E-state index in [9.17, 15) is 0 Å². The first kappa shape index (κ1) is 11.0. The second-order valence-electron chi connectivity index (χ2n) is 4.34. The number of nitrogens with one attached hydrogen (secondary N) is 1. The van der Waals surface area contributed by atoms with Crippen LogP contribution in [0.4, 0.5) is 0 Å². The molecule has 3 nitrogen and oxygen atoms in total. The van der Waals surface area contributed by atoms with Gasteiger partial charge in [-0.3, -0.25) is 4.90 Å². The van der Waals surface area contributed by atoms with Crippen LogP contribution in [0.3, 0.4) is 0 Å². The van der Waals surface area contributed by atoms with Crippen molar-refractivity contribution >= 4 is 11.3 Å². The molecule has 1 fully saturated rings. The van der Waals surface area contributed by atoms with Gasteiger partial charge in [0.05, 0.1) is 6.04 Å². The van der Waals surface area contributed by atoms with Crippen molar-refractivity contribution in [2.24, 2.45) is 5.92 Å². The topological polar surface area (TPSA) is 28.2 Å². The Morgan fingerprint density at radius 1 is 1.73 bits per heavy atom. The fourth-order valence-corrected chi connectivity index (χ4v) is 2.82. The van der Waals surface area contributed by atoms with Gasteiger partial charge in [0.1, 0.15) is 5.01 Å². The van der Waals surface area contributed by atoms with Crippen molar-refractivity contribution < 1.29 is 0 Å². The third-order valence-corrected chi connectivity index (χ3v) is 4.12. The van der Waals surface area contributed by atoms with E-state index in [-0.39, 0.29) is 0 Å². The van der Waals surface area contributed by atoms with Crippen LogP contribution in [0.25, 0.3) is 0 Å². The maximum Gasteiger partial charge on any atom is 0.109 e. The first-order valence-electron chi connectivity index (χ1n) is 5.57. The molecule has 0 bridgehead atoms. The van der Waals surface area contributed by atoms with Crippen LogP contribution in [0.2, 0.25) is 0 Å². The summed E-state index contributed by atoms with van der Waals surface area (Å²) < 4.78 is 0. The fourth-order valence-electron chi connectivity index (χ4n) is 2.06. The SMILES string of the molecule is C[C@@H](c1nccs1)N(C)C[C@@H]1CCNC1. The zero-order valence-corrected chi connectivity index (χ0v) is 10.3. The average molecular weight is 225 g/mol. The van der Waals surface area contributed by atoms with Crippen LogP contribution in [-0.2, 0) is 0 Å². The predicted molar refractivity (Wildman–Crippen MR) is 64.1 cm³/mol. The van der Waals surface area contributed by atoms with Crippen LogP contribution in [0.5, 0.6) is 0 Å². The minimum absolute atomic E-state index is 0.450. The summed E-state index contributed by atoms with van der Waals surface area (Å²) in [4.78, 5) is 6.79. The van der Waals surface area contributed by atoms with Gasteiger partial charge < -0.3 is 5.32 Å². The van der Waals surface area contributed by atoms with Crippen molar-refractivity contribution in [3.63, 3.8) is 0 Å². The van der Waals surface area contributed by atoms with Gasteiger partial charge in [-0.1, -0.05) is 0 Å². The molecular formula is C11H19N3S. The second kappa shape index (κ2) is 5.05. The highest BCUT2D eigenvalue weighted by Crippen LogP contribution is 2.22. The molecule has 0 spiro atoms. The molecule has 1 aromatic heterocycles. The zero-order valence-electron chi connectivity index (χ0n) is 9.44. The lowest BCUT2D eigenvalue weighted by Gasteiger charge is -2.25. The smallest absolute Gasteiger partial charge is 0.109 e. The number of nitrogens with zero attached hydrogens (tertiary/aromatic N) is 2. The maximum absolute atomic E-state index is 4.37. The van der Waals surface area contributed by atoms with Gasteiger partial charge >= 0.3 is 0 Å². The fraction of sp³-hybridized carbons (Fsp3) is 0.727. The van der Waals surface area contributed by atoms with Gasteiger partial charge in [-0.15, -0.1) is 11.3 Å². The van der Waals surface area contributed by atoms with E-state index in [2.05, 4.69) is 34.6 Å². The van der Waals surface area contributed by atoms with Gasteiger partial charge in [0.2, 0.25) is 0 Å². The van der Waals surface area contributed by atoms with E-state index < -0.39 is 0 Å². The van der Waals surface area contributed by atoms with E-state index in [1.807, 2.05) is 6.20 Å². The normalized spacial score (nSPS) is 23.5. The summed E-state index contributed by atoms with van der Waals surface area (Å²) in [6.45, 7) is 5.77. The van der Waals surface area contributed by atoms with Crippen LogP contribution >= 0.6 is 11.3 Å². The van der Waals surface area contributed by atoms with Crippen LogP contribution in [0.1, 0.15) is 24.4 Å². The van der Waals surface area contributed by atoms with Crippen LogP contribution < -0.4 is 5.32 Å². The molecule has 0 unspecified atom stereocenters. The van der Waals surface area contributed by atoms with E-state index in [1.54, 1.807) is 11.3 Å². The Labute approximate surface area is 95.5 Å². The van der Waals surface area contributed by atoms with Gasteiger partial charge in [0, 0.05) is 18.1 Å². The van der Waals surface area contributed by atoms with Crippen LogP contribution in [-0.4, -0.2) is 36.6 Å². The van der Waals surface area contributed by atoms with Crippen LogP contribution in [0, 0.1) is 5.92 Å². The lowest BCUT2D eigenvalue weighted by atomic mass is 10.1. The first-order chi connectivity index (χ1) is 7.27. The zero-order chi connectivity index (χ0) is 10.7. The number of rotatable bonds is 4. The molecule has 1 saturated heterocycles. The molecular weight excluding hydrogens is 206 g/mol. The molecule has 4 heteroatoms. The lowest BCUT2D eigenvalue weighted by molar-refractivity contribution is 0.226. The van der Waals surface area contributed by atoms with Gasteiger partial charge in [0.25, 0.3) is 0 Å². The Balaban J connectivity index is 1.87. The molecule has 2 atom stereocenters. The number of thiazole rings is 1. The third kappa shape index (κ3) is 2.77. The van der Waals surface area contributed by atoms with Crippen molar-refractivity contribution in [1.82, 2.24) is 15.2 Å². The largest absolute Gasteiger partial charge is 0.316 e. The Bertz CT molecular complexity index is 280. The summed E-state index contributed by atoms with van der Waals surface area (Å²) in [5.41, 5.74) is 0. The Morgan fingerprint density at radius 2 is 2.60 bits per heavy atom. The highest BCUT2D eigenvalue weighted by Gasteiger charge is 2.20. The number of hydrogen-bond donors (Lipinski definition) is 1. The van der Waals surface area contributed by atoms with E-state index in [0.717, 1.165) is 5.92 Å². The summed E-state index contributed by atoms with van der Waals surface area (Å²) in [5.74, 6) is 0.817. The van der Waals surface area contributed by atoms with Gasteiger partial charge in [-0.05, 0) is 39.4 Å². The molecule has 2 rings (SSSR count). The summed E-state index contributed by atoms with van der Waals surface area (Å²) in [5, 5.41) is 6.69. The molecule has 1 aliphatic rings. The Hall–Kier alpha value is -0.450. The third-order valence-electron chi connectivity index (χ3n) is 3.18. The molecule has 0 amide bonds. The second-order valence-corrected chi connectivity index (χ2v) is 5.27. The molecule has 2 heterocycles. The van der Waals surface area contributed by atoms with Crippen molar-refractivity contribution in [3.05, 3.63) is 16.6 Å². The van der Waals surface area contributed by atoms with E-state index in [1.165, 1.54) is 31.1 Å². The molecule has 0 aliphatic carbocycles. The molecule has 0 saturated carbocycles. The van der Waals surface area contributed by atoms with Crippen molar-refractivity contribution in [2.75, 3.05) is 26.7 Å². The molecule has 1 aromatic rings. The Morgan fingerprint density at radius 3 is 3.20 bits per heavy atom. The highest BCUT2D eigenvalue weighted by atomic mass is 32.1. The van der Waals surface area contributed by atoms with E-state index in [4.69, 9.17) is 0 Å². The molecule has 84 valence electrons. The number of aromatic nitrogens is 1.